The van der Waals surface area contributed by atoms with Gasteiger partial charge in [-0.05, 0) is 40.2 Å². The first kappa shape index (κ1) is 16.7. The number of hydrogen-bond donors (Lipinski definition) is 3. The molecule has 116 valence electrons. The van der Waals surface area contributed by atoms with Gasteiger partial charge < -0.3 is 10.2 Å². The van der Waals surface area contributed by atoms with Crippen molar-refractivity contribution in [3.05, 3.63) is 51.1 Å². The van der Waals surface area contributed by atoms with Crippen LogP contribution in [0, 0.1) is 0 Å². The van der Waals surface area contributed by atoms with E-state index < -0.39 is 6.03 Å². The summed E-state index contributed by atoms with van der Waals surface area (Å²) < 4.78 is 1.07. The van der Waals surface area contributed by atoms with Crippen molar-refractivity contribution in [3.8, 4) is 0 Å². The second kappa shape index (κ2) is 8.07. The Labute approximate surface area is 141 Å². The van der Waals surface area contributed by atoms with E-state index in [9.17, 15) is 9.59 Å². The monoisotopic (exact) mass is 382 g/mol. The van der Waals surface area contributed by atoms with Crippen molar-refractivity contribution >= 4 is 44.9 Å². The molecule has 0 spiro atoms. The zero-order chi connectivity index (χ0) is 15.9. The molecule has 3 amide bonds. The number of carbonyl (C=O) groups is 2. The quantitative estimate of drug-likeness (QED) is 0.738. The van der Waals surface area contributed by atoms with Crippen LogP contribution in [0.5, 0.6) is 0 Å². The average Bonchev–Trinajstić information content (AvgIpc) is 2.84. The fraction of sp³-hybridized carbons (Fsp3) is 0.200. The number of quaternary nitrogens is 1. The molecule has 2 aromatic rings. The molecule has 22 heavy (non-hydrogen) atoms. The molecule has 1 unspecified atom stereocenters. The van der Waals surface area contributed by atoms with Gasteiger partial charge in [0.25, 0.3) is 5.91 Å². The number of benzene rings is 1. The minimum absolute atomic E-state index is 0.234. The number of thiophene rings is 1. The molecule has 0 saturated carbocycles. The molecular formula is C15H17BrN3O2S+. The van der Waals surface area contributed by atoms with Crippen LogP contribution in [0.1, 0.15) is 4.88 Å². The van der Waals surface area contributed by atoms with E-state index in [1.54, 1.807) is 23.5 Å². The zero-order valence-corrected chi connectivity index (χ0v) is 14.5. The molecule has 7 heteroatoms. The summed E-state index contributed by atoms with van der Waals surface area (Å²) in [5.74, 6) is -0.304. The molecule has 0 radical (unpaired) electrons. The summed E-state index contributed by atoms with van der Waals surface area (Å²) in [6.07, 6.45) is 0. The maximum absolute atomic E-state index is 11.9. The SMILES string of the molecule is C[NH+](CC(=O)NC(=O)Nc1ccccc1)Cc1ccc(Br)s1. The molecule has 2 rings (SSSR count). The number of hydrogen-bond acceptors (Lipinski definition) is 3. The van der Waals surface area contributed by atoms with E-state index in [0.717, 1.165) is 15.2 Å². The number of urea groups is 1. The Kier molecular flexibility index (Phi) is 6.11. The molecule has 0 fully saturated rings. The summed E-state index contributed by atoms with van der Waals surface area (Å²) in [4.78, 5) is 25.8. The maximum Gasteiger partial charge on any atom is 0.326 e. The molecule has 1 aromatic carbocycles. The molecule has 1 aromatic heterocycles. The van der Waals surface area contributed by atoms with Crippen molar-refractivity contribution in [2.45, 2.75) is 6.54 Å². The van der Waals surface area contributed by atoms with Crippen molar-refractivity contribution in [2.24, 2.45) is 0 Å². The number of anilines is 1. The van der Waals surface area contributed by atoms with E-state index in [1.807, 2.05) is 37.4 Å². The topological polar surface area (TPSA) is 62.6 Å². The highest BCUT2D eigenvalue weighted by atomic mass is 79.9. The fourth-order valence-corrected chi connectivity index (χ4v) is 3.53. The number of amides is 3. The van der Waals surface area contributed by atoms with E-state index in [2.05, 4.69) is 26.6 Å². The molecule has 0 aliphatic heterocycles. The van der Waals surface area contributed by atoms with Crippen LogP contribution in [0.15, 0.2) is 46.3 Å². The first-order valence-electron chi connectivity index (χ1n) is 6.74. The summed E-state index contributed by atoms with van der Waals surface area (Å²) in [7, 11) is 1.92. The van der Waals surface area contributed by atoms with Crippen molar-refractivity contribution in [1.82, 2.24) is 5.32 Å². The summed E-state index contributed by atoms with van der Waals surface area (Å²) in [5, 5.41) is 4.95. The van der Waals surface area contributed by atoms with Gasteiger partial charge in [-0.2, -0.15) is 0 Å². The van der Waals surface area contributed by atoms with Crippen LogP contribution in [0.3, 0.4) is 0 Å². The Morgan fingerprint density at radius 3 is 2.55 bits per heavy atom. The molecule has 1 atom stereocenters. The van der Waals surface area contributed by atoms with Crippen molar-refractivity contribution < 1.29 is 14.5 Å². The third kappa shape index (κ3) is 5.59. The molecular weight excluding hydrogens is 366 g/mol. The third-order valence-electron chi connectivity index (χ3n) is 2.85. The predicted molar refractivity (Wildman–Crippen MR) is 91.1 cm³/mol. The number of rotatable bonds is 5. The van der Waals surface area contributed by atoms with Crippen LogP contribution in [-0.2, 0) is 11.3 Å². The number of carbonyl (C=O) groups excluding carboxylic acids is 2. The Morgan fingerprint density at radius 1 is 1.18 bits per heavy atom. The predicted octanol–water partition coefficient (Wildman–Crippen LogP) is 1.87. The Morgan fingerprint density at radius 2 is 1.91 bits per heavy atom. The smallest absolute Gasteiger partial charge is 0.325 e. The highest BCUT2D eigenvalue weighted by Gasteiger charge is 2.14. The lowest BCUT2D eigenvalue weighted by Gasteiger charge is -2.12. The summed E-state index contributed by atoms with van der Waals surface area (Å²) in [6, 6.07) is 12.5. The van der Waals surface area contributed by atoms with Crippen LogP contribution in [0.4, 0.5) is 10.5 Å². The van der Waals surface area contributed by atoms with E-state index in [-0.39, 0.29) is 12.5 Å². The van der Waals surface area contributed by atoms with Crippen LogP contribution in [0.25, 0.3) is 0 Å². The summed E-state index contributed by atoms with van der Waals surface area (Å²) in [6.45, 7) is 0.974. The molecule has 0 saturated heterocycles. The van der Waals surface area contributed by atoms with Crippen molar-refractivity contribution in [1.29, 1.82) is 0 Å². The highest BCUT2D eigenvalue weighted by Crippen LogP contribution is 2.21. The summed E-state index contributed by atoms with van der Waals surface area (Å²) >= 11 is 5.06. The number of likely N-dealkylation sites (N-methyl/N-ethyl adjacent to an activating group) is 1. The van der Waals surface area contributed by atoms with Crippen molar-refractivity contribution in [2.75, 3.05) is 18.9 Å². The van der Waals surface area contributed by atoms with Gasteiger partial charge in [0.2, 0.25) is 0 Å². The second-order valence-electron chi connectivity index (χ2n) is 4.88. The minimum Gasteiger partial charge on any atom is -0.325 e. The van der Waals surface area contributed by atoms with Gasteiger partial charge in [-0.15, -0.1) is 11.3 Å². The van der Waals surface area contributed by atoms with Crippen LogP contribution < -0.4 is 15.5 Å². The van der Waals surface area contributed by atoms with Gasteiger partial charge >= 0.3 is 6.03 Å². The van der Waals surface area contributed by atoms with Crippen molar-refractivity contribution in [3.63, 3.8) is 0 Å². The normalized spacial score (nSPS) is 11.7. The maximum atomic E-state index is 11.9. The van der Waals surface area contributed by atoms with Crippen LogP contribution >= 0.6 is 27.3 Å². The number of nitrogens with one attached hydrogen (secondary N) is 3. The van der Waals surface area contributed by atoms with Gasteiger partial charge in [-0.25, -0.2) is 4.79 Å². The van der Waals surface area contributed by atoms with Crippen LogP contribution in [-0.4, -0.2) is 25.5 Å². The standard InChI is InChI=1S/C15H16BrN3O2S/c1-19(9-12-7-8-13(16)22-12)10-14(20)18-15(21)17-11-5-3-2-4-6-11/h2-8H,9-10H2,1H3,(H2,17,18,20,21)/p+1. The molecule has 5 nitrogen and oxygen atoms in total. The lowest BCUT2D eigenvalue weighted by molar-refractivity contribution is -0.885. The van der Waals surface area contributed by atoms with Gasteiger partial charge in [0.15, 0.2) is 6.54 Å². The van der Waals surface area contributed by atoms with E-state index in [4.69, 9.17) is 0 Å². The third-order valence-corrected chi connectivity index (χ3v) is 4.48. The molecule has 0 aliphatic carbocycles. The Bertz CT molecular complexity index is 645. The lowest BCUT2D eigenvalue weighted by atomic mass is 10.3. The minimum atomic E-state index is -0.511. The second-order valence-corrected chi connectivity index (χ2v) is 7.43. The van der Waals surface area contributed by atoms with Gasteiger partial charge in [-0.1, -0.05) is 18.2 Å². The lowest BCUT2D eigenvalue weighted by Crippen LogP contribution is -3.08. The number of halogens is 1. The average molecular weight is 383 g/mol. The molecule has 3 N–H and O–H groups in total. The largest absolute Gasteiger partial charge is 0.326 e. The summed E-state index contributed by atoms with van der Waals surface area (Å²) in [5.41, 5.74) is 0.650. The Balaban J connectivity index is 1.76. The van der Waals surface area contributed by atoms with Crippen LogP contribution in [0.2, 0.25) is 0 Å². The van der Waals surface area contributed by atoms with E-state index in [0.29, 0.717) is 5.69 Å². The Hall–Kier alpha value is -1.70. The first-order valence-corrected chi connectivity index (χ1v) is 8.35. The fourth-order valence-electron chi connectivity index (χ4n) is 1.94. The zero-order valence-electron chi connectivity index (χ0n) is 12.1. The van der Waals surface area contributed by atoms with Gasteiger partial charge in [0.1, 0.15) is 6.54 Å². The van der Waals surface area contributed by atoms with Gasteiger partial charge in [0.05, 0.1) is 15.7 Å². The van der Waals surface area contributed by atoms with E-state index >= 15 is 0 Å². The molecule has 0 aliphatic rings. The van der Waals surface area contributed by atoms with Gasteiger partial charge in [-0.3, -0.25) is 10.1 Å². The first-order chi connectivity index (χ1) is 10.5. The molecule has 0 bridgehead atoms. The number of para-hydroxylation sites is 1. The highest BCUT2D eigenvalue weighted by molar-refractivity contribution is 9.11. The van der Waals surface area contributed by atoms with E-state index in [1.165, 1.54) is 4.88 Å². The van der Waals surface area contributed by atoms with Gasteiger partial charge in [0, 0.05) is 5.69 Å². The number of imide groups is 1. The molecule has 1 heterocycles.